The summed E-state index contributed by atoms with van der Waals surface area (Å²) in [6.07, 6.45) is 0. The summed E-state index contributed by atoms with van der Waals surface area (Å²) in [5.74, 6) is 0. The van der Waals surface area contributed by atoms with Crippen molar-refractivity contribution in [1.82, 2.24) is 10.3 Å². The number of aromatic nitrogens is 1. The maximum absolute atomic E-state index is 4.85. The highest BCUT2D eigenvalue weighted by Crippen LogP contribution is 2.36. The normalized spacial score (nSPS) is 13.7. The second-order valence-electron chi connectivity index (χ2n) is 5.90. The van der Waals surface area contributed by atoms with Gasteiger partial charge in [0.15, 0.2) is 0 Å². The number of rotatable bonds is 3. The summed E-state index contributed by atoms with van der Waals surface area (Å²) in [5, 5.41) is 4.72. The second-order valence-corrected chi connectivity index (χ2v) is 6.76. The fraction of sp³-hybridized carbons (Fsp3) is 0.438. The van der Waals surface area contributed by atoms with Crippen molar-refractivity contribution in [2.75, 3.05) is 6.54 Å². The molecule has 2 aromatic rings. The maximum atomic E-state index is 4.85. The van der Waals surface area contributed by atoms with Crippen LogP contribution in [0.3, 0.4) is 0 Å². The van der Waals surface area contributed by atoms with Crippen molar-refractivity contribution < 1.29 is 0 Å². The molecule has 0 aliphatic rings. The molecule has 102 valence electrons. The van der Waals surface area contributed by atoms with Crippen molar-refractivity contribution >= 4 is 26.8 Å². The molecule has 0 fully saturated rings. The third-order valence-electron chi connectivity index (χ3n) is 3.25. The summed E-state index contributed by atoms with van der Waals surface area (Å²) in [7, 11) is 0. The molecular weight excluding hydrogens is 300 g/mol. The Balaban J connectivity index is 2.56. The number of nitrogens with zero attached hydrogens (tertiary/aromatic N) is 1. The molecule has 1 atom stereocenters. The van der Waals surface area contributed by atoms with Crippen LogP contribution in [0.25, 0.3) is 10.9 Å². The van der Waals surface area contributed by atoms with Crippen LogP contribution in [-0.2, 0) is 0 Å². The molecule has 1 N–H and O–H groups in total. The smallest absolute Gasteiger partial charge is 0.0727 e. The van der Waals surface area contributed by atoms with Crippen molar-refractivity contribution in [1.29, 1.82) is 0 Å². The van der Waals surface area contributed by atoms with Gasteiger partial charge in [-0.1, -0.05) is 45.9 Å². The topological polar surface area (TPSA) is 24.9 Å². The quantitative estimate of drug-likeness (QED) is 0.887. The molecule has 0 bridgehead atoms. The van der Waals surface area contributed by atoms with Gasteiger partial charge in [-0.15, -0.1) is 0 Å². The van der Waals surface area contributed by atoms with E-state index in [2.05, 4.69) is 67.1 Å². The molecule has 1 unspecified atom stereocenters. The summed E-state index contributed by atoms with van der Waals surface area (Å²) in [5.41, 5.74) is 2.26. The van der Waals surface area contributed by atoms with Gasteiger partial charge in [-0.2, -0.15) is 0 Å². The van der Waals surface area contributed by atoms with E-state index in [1.165, 1.54) is 5.39 Å². The average Bonchev–Trinajstić information content (AvgIpc) is 2.34. The van der Waals surface area contributed by atoms with Gasteiger partial charge in [-0.3, -0.25) is 0 Å². The van der Waals surface area contributed by atoms with E-state index in [0.29, 0.717) is 0 Å². The number of hydrogen-bond acceptors (Lipinski definition) is 2. The minimum Gasteiger partial charge on any atom is -0.308 e. The van der Waals surface area contributed by atoms with Gasteiger partial charge >= 0.3 is 0 Å². The second kappa shape index (κ2) is 5.59. The maximum Gasteiger partial charge on any atom is 0.0727 e. The van der Waals surface area contributed by atoms with Crippen LogP contribution in [0.1, 0.15) is 39.4 Å². The third kappa shape index (κ3) is 3.15. The summed E-state index contributed by atoms with van der Waals surface area (Å²) in [4.78, 5) is 4.85. The standard InChI is InChI=1S/C16H21BrN2/c1-5-18-15(16(2,3)4)14-12(17)10-11-8-6-7-9-13(11)19-14/h6-10,15,18H,5H2,1-4H3. The highest BCUT2D eigenvalue weighted by Gasteiger charge is 2.28. The predicted molar refractivity (Wildman–Crippen MR) is 85.3 cm³/mol. The van der Waals surface area contributed by atoms with Crippen molar-refractivity contribution in [3.63, 3.8) is 0 Å². The van der Waals surface area contributed by atoms with E-state index in [4.69, 9.17) is 4.98 Å². The number of para-hydroxylation sites is 1. The Kier molecular flexibility index (Phi) is 4.26. The minimum absolute atomic E-state index is 0.119. The van der Waals surface area contributed by atoms with E-state index in [0.717, 1.165) is 22.2 Å². The van der Waals surface area contributed by atoms with E-state index < -0.39 is 0 Å². The lowest BCUT2D eigenvalue weighted by Crippen LogP contribution is -2.33. The lowest BCUT2D eigenvalue weighted by molar-refractivity contribution is 0.271. The summed E-state index contributed by atoms with van der Waals surface area (Å²) < 4.78 is 1.08. The zero-order valence-electron chi connectivity index (χ0n) is 12.0. The number of nitrogens with one attached hydrogen (secondary N) is 1. The van der Waals surface area contributed by atoms with Gasteiger partial charge < -0.3 is 5.32 Å². The molecule has 0 aliphatic heterocycles. The van der Waals surface area contributed by atoms with Crippen LogP contribution in [0, 0.1) is 5.41 Å². The number of pyridine rings is 1. The van der Waals surface area contributed by atoms with Crippen molar-refractivity contribution in [3.8, 4) is 0 Å². The van der Waals surface area contributed by atoms with Crippen LogP contribution in [0.5, 0.6) is 0 Å². The average molecular weight is 321 g/mol. The Labute approximate surface area is 123 Å². The lowest BCUT2D eigenvalue weighted by Gasteiger charge is -2.31. The van der Waals surface area contributed by atoms with Gasteiger partial charge in [0.05, 0.1) is 17.3 Å². The Morgan fingerprint density at radius 3 is 2.58 bits per heavy atom. The highest BCUT2D eigenvalue weighted by molar-refractivity contribution is 9.10. The third-order valence-corrected chi connectivity index (χ3v) is 3.89. The van der Waals surface area contributed by atoms with Crippen LogP contribution in [0.15, 0.2) is 34.8 Å². The minimum atomic E-state index is 0.119. The molecular formula is C16H21BrN2. The van der Waals surface area contributed by atoms with E-state index in [1.54, 1.807) is 0 Å². The van der Waals surface area contributed by atoms with Gasteiger partial charge in [0.2, 0.25) is 0 Å². The zero-order chi connectivity index (χ0) is 14.0. The van der Waals surface area contributed by atoms with Crippen molar-refractivity contribution in [2.24, 2.45) is 5.41 Å². The molecule has 0 aliphatic carbocycles. The van der Waals surface area contributed by atoms with Gasteiger partial charge in [0.25, 0.3) is 0 Å². The van der Waals surface area contributed by atoms with E-state index in [1.807, 2.05) is 12.1 Å². The predicted octanol–water partition coefficient (Wildman–Crippen LogP) is 4.69. The molecule has 2 rings (SSSR count). The zero-order valence-corrected chi connectivity index (χ0v) is 13.6. The van der Waals surface area contributed by atoms with Gasteiger partial charge in [0.1, 0.15) is 0 Å². The molecule has 3 heteroatoms. The first kappa shape index (κ1) is 14.5. The van der Waals surface area contributed by atoms with Crippen LogP contribution in [0.4, 0.5) is 0 Å². The molecule has 1 aromatic heterocycles. The molecule has 0 spiro atoms. The van der Waals surface area contributed by atoms with Crippen LogP contribution in [0.2, 0.25) is 0 Å². The Morgan fingerprint density at radius 2 is 1.95 bits per heavy atom. The fourth-order valence-corrected chi connectivity index (χ4v) is 2.89. The van der Waals surface area contributed by atoms with Gasteiger partial charge in [0, 0.05) is 9.86 Å². The molecule has 0 saturated heterocycles. The molecule has 0 saturated carbocycles. The Morgan fingerprint density at radius 1 is 1.26 bits per heavy atom. The monoisotopic (exact) mass is 320 g/mol. The molecule has 19 heavy (non-hydrogen) atoms. The Bertz CT molecular complexity index is 572. The SMILES string of the molecule is CCNC(c1nc2ccccc2cc1Br)C(C)(C)C. The number of fused-ring (bicyclic) bond motifs is 1. The molecule has 1 heterocycles. The van der Waals surface area contributed by atoms with E-state index in [-0.39, 0.29) is 11.5 Å². The van der Waals surface area contributed by atoms with Crippen molar-refractivity contribution in [3.05, 3.63) is 40.5 Å². The van der Waals surface area contributed by atoms with Crippen LogP contribution < -0.4 is 5.32 Å². The summed E-state index contributed by atoms with van der Waals surface area (Å²) in [6.45, 7) is 9.79. The van der Waals surface area contributed by atoms with Crippen molar-refractivity contribution in [2.45, 2.75) is 33.7 Å². The summed E-state index contributed by atoms with van der Waals surface area (Å²) in [6, 6.07) is 10.6. The fourth-order valence-electron chi connectivity index (χ4n) is 2.32. The number of hydrogen-bond donors (Lipinski definition) is 1. The first-order valence-corrected chi connectivity index (χ1v) is 7.51. The lowest BCUT2D eigenvalue weighted by atomic mass is 9.84. The number of halogens is 1. The summed E-state index contributed by atoms with van der Waals surface area (Å²) >= 11 is 3.68. The van der Waals surface area contributed by atoms with Crippen LogP contribution in [-0.4, -0.2) is 11.5 Å². The number of benzene rings is 1. The Hall–Kier alpha value is -0.930. The molecule has 1 aromatic carbocycles. The highest BCUT2D eigenvalue weighted by atomic mass is 79.9. The molecule has 0 amide bonds. The van der Waals surface area contributed by atoms with Gasteiger partial charge in [-0.05, 0) is 40.0 Å². The van der Waals surface area contributed by atoms with Crippen LogP contribution >= 0.6 is 15.9 Å². The largest absolute Gasteiger partial charge is 0.308 e. The molecule has 0 radical (unpaired) electrons. The van der Waals surface area contributed by atoms with E-state index in [9.17, 15) is 0 Å². The first-order valence-electron chi connectivity index (χ1n) is 6.72. The van der Waals surface area contributed by atoms with Gasteiger partial charge in [-0.25, -0.2) is 4.98 Å². The molecule has 2 nitrogen and oxygen atoms in total. The first-order chi connectivity index (χ1) is 8.93. The van der Waals surface area contributed by atoms with E-state index >= 15 is 0 Å².